The summed E-state index contributed by atoms with van der Waals surface area (Å²) in [5.41, 5.74) is 2.80. The number of hydrogen-bond acceptors (Lipinski definition) is 6. The number of H-pyrrole nitrogens is 1. The number of fused-ring (bicyclic) bond motifs is 1. The second-order valence-corrected chi connectivity index (χ2v) is 7.79. The minimum absolute atomic E-state index is 0.112. The van der Waals surface area contributed by atoms with Crippen molar-refractivity contribution in [3.05, 3.63) is 108 Å². The van der Waals surface area contributed by atoms with Gasteiger partial charge in [0.05, 0.1) is 16.7 Å². The summed E-state index contributed by atoms with van der Waals surface area (Å²) in [5, 5.41) is 24.6. The molecule has 0 radical (unpaired) electrons. The van der Waals surface area contributed by atoms with E-state index in [4.69, 9.17) is 4.74 Å². The predicted octanol–water partition coefficient (Wildman–Crippen LogP) is 5.20. The van der Waals surface area contributed by atoms with E-state index < -0.39 is 24.2 Å². The van der Waals surface area contributed by atoms with E-state index in [1.165, 1.54) is 35.1 Å². The van der Waals surface area contributed by atoms with Crippen molar-refractivity contribution < 1.29 is 19.0 Å². The molecule has 2 N–H and O–H groups in total. The number of halogens is 1. The van der Waals surface area contributed by atoms with Gasteiger partial charge in [0.2, 0.25) is 0 Å². The Balaban J connectivity index is 1.44. The Kier molecular flexibility index (Phi) is 5.99. The molecule has 8 nitrogen and oxygen atoms in total. The van der Waals surface area contributed by atoms with Crippen LogP contribution in [-0.4, -0.2) is 37.4 Å². The van der Waals surface area contributed by atoms with Crippen LogP contribution in [0.2, 0.25) is 0 Å². The zero-order chi connectivity index (χ0) is 25.1. The van der Waals surface area contributed by atoms with Gasteiger partial charge in [-0.1, -0.05) is 30.3 Å². The van der Waals surface area contributed by atoms with E-state index in [1.54, 1.807) is 18.2 Å². The number of rotatable bonds is 6. The second-order valence-electron chi connectivity index (χ2n) is 7.79. The Labute approximate surface area is 204 Å². The maximum Gasteiger partial charge on any atom is 0.342 e. The molecule has 0 saturated heterocycles. The maximum absolute atomic E-state index is 13.5. The summed E-state index contributed by atoms with van der Waals surface area (Å²) in [6.45, 7) is -0.557. The third-order valence-electron chi connectivity index (χ3n) is 5.44. The van der Waals surface area contributed by atoms with Crippen molar-refractivity contribution in [1.82, 2.24) is 19.7 Å². The lowest BCUT2D eigenvalue weighted by Gasteiger charge is -2.06. The quantitative estimate of drug-likeness (QED) is 0.196. The molecule has 0 saturated carbocycles. The predicted molar refractivity (Wildman–Crippen MR) is 130 cm³/mol. The molecule has 176 valence electrons. The van der Waals surface area contributed by atoms with Gasteiger partial charge in [0.1, 0.15) is 35.3 Å². The highest BCUT2D eigenvalue weighted by atomic mass is 19.1. The Bertz CT molecular complexity index is 1600. The highest BCUT2D eigenvalue weighted by Gasteiger charge is 2.22. The summed E-state index contributed by atoms with van der Waals surface area (Å²) in [6, 6.07) is 23.8. The number of aromatic nitrogens is 4. The number of esters is 1. The van der Waals surface area contributed by atoms with Crippen LogP contribution in [0.25, 0.3) is 33.6 Å². The van der Waals surface area contributed by atoms with Gasteiger partial charge in [-0.15, -0.1) is 0 Å². The van der Waals surface area contributed by atoms with Crippen molar-refractivity contribution in [2.45, 2.75) is 0 Å². The van der Waals surface area contributed by atoms with Crippen LogP contribution in [0.4, 0.5) is 4.39 Å². The van der Waals surface area contributed by atoms with Crippen molar-refractivity contribution in [2.75, 3.05) is 6.61 Å². The molecule has 0 aliphatic heterocycles. The van der Waals surface area contributed by atoms with E-state index in [1.807, 2.05) is 42.5 Å². The zero-order valence-corrected chi connectivity index (χ0v) is 18.7. The van der Waals surface area contributed by atoms with Gasteiger partial charge >= 0.3 is 5.97 Å². The number of allylic oxidation sites excluding steroid dienone is 1. The fourth-order valence-corrected chi connectivity index (χ4v) is 3.67. The van der Waals surface area contributed by atoms with Gasteiger partial charge in [-0.3, -0.25) is 0 Å². The minimum Gasteiger partial charge on any atom is -0.507 e. The number of nitriles is 1. The molecule has 0 fully saturated rings. The van der Waals surface area contributed by atoms with Gasteiger partial charge in [-0.05, 0) is 48.5 Å². The molecule has 0 spiro atoms. The van der Waals surface area contributed by atoms with Gasteiger partial charge in [-0.25, -0.2) is 18.9 Å². The van der Waals surface area contributed by atoms with Crippen molar-refractivity contribution >= 4 is 22.6 Å². The lowest BCUT2D eigenvalue weighted by atomic mass is 10.1. The second kappa shape index (κ2) is 9.56. The van der Waals surface area contributed by atoms with Gasteiger partial charge in [0, 0.05) is 11.8 Å². The number of nitrogens with zero attached hydrogens (tertiary/aromatic N) is 4. The topological polar surface area (TPSA) is 117 Å². The van der Waals surface area contributed by atoms with Gasteiger partial charge in [-0.2, -0.15) is 10.4 Å². The Morgan fingerprint density at radius 1 is 1.06 bits per heavy atom. The molecule has 2 heterocycles. The number of aromatic amines is 1. The molecule has 5 rings (SSSR count). The lowest BCUT2D eigenvalue weighted by molar-refractivity contribution is 0.0503. The largest absolute Gasteiger partial charge is 0.507 e. The molecule has 0 atom stereocenters. The number of benzene rings is 3. The van der Waals surface area contributed by atoms with Gasteiger partial charge < -0.3 is 14.8 Å². The molecule has 0 bridgehead atoms. The summed E-state index contributed by atoms with van der Waals surface area (Å²) in [7, 11) is 0. The van der Waals surface area contributed by atoms with Crippen molar-refractivity contribution in [3.63, 3.8) is 0 Å². The normalized spacial score (nSPS) is 11.7. The number of imidazole rings is 1. The van der Waals surface area contributed by atoms with Crippen LogP contribution in [0.5, 0.6) is 0 Å². The molecule has 5 aromatic rings. The Morgan fingerprint density at radius 3 is 2.50 bits per heavy atom. The van der Waals surface area contributed by atoms with E-state index in [9.17, 15) is 19.6 Å². The summed E-state index contributed by atoms with van der Waals surface area (Å²) in [4.78, 5) is 20.3. The fraction of sp³-hybridized carbons (Fsp3) is 0.0370. The number of aliphatic hydroxyl groups is 1. The molecule has 0 aliphatic rings. The maximum atomic E-state index is 13.5. The van der Waals surface area contributed by atoms with Crippen LogP contribution in [0.15, 0.2) is 90.8 Å². The summed E-state index contributed by atoms with van der Waals surface area (Å²) in [6.07, 6.45) is 1.50. The van der Waals surface area contributed by atoms with Crippen LogP contribution in [0.1, 0.15) is 16.2 Å². The van der Waals surface area contributed by atoms with Crippen LogP contribution >= 0.6 is 0 Å². The molecule has 36 heavy (non-hydrogen) atoms. The smallest absolute Gasteiger partial charge is 0.342 e. The third kappa shape index (κ3) is 4.43. The molecule has 0 unspecified atom stereocenters. The zero-order valence-electron chi connectivity index (χ0n) is 18.7. The van der Waals surface area contributed by atoms with E-state index in [-0.39, 0.29) is 22.7 Å². The van der Waals surface area contributed by atoms with E-state index in [0.29, 0.717) is 22.3 Å². The van der Waals surface area contributed by atoms with E-state index in [2.05, 4.69) is 15.1 Å². The minimum atomic E-state index is -0.773. The number of para-hydroxylation sites is 3. The van der Waals surface area contributed by atoms with Crippen LogP contribution in [0.3, 0.4) is 0 Å². The van der Waals surface area contributed by atoms with E-state index in [0.717, 1.165) is 0 Å². The molecular formula is C27H18FN5O3. The van der Waals surface area contributed by atoms with E-state index >= 15 is 0 Å². The number of ether oxygens (including phenoxy) is 1. The third-order valence-corrected chi connectivity index (χ3v) is 5.44. The molecular weight excluding hydrogens is 461 g/mol. The average Bonchev–Trinajstić information content (AvgIpc) is 3.54. The summed E-state index contributed by atoms with van der Waals surface area (Å²) in [5.74, 6) is -1.49. The number of hydrogen-bond donors (Lipinski definition) is 2. The highest BCUT2D eigenvalue weighted by molar-refractivity contribution is 5.96. The molecule has 3 aromatic carbocycles. The number of aliphatic hydroxyl groups excluding tert-OH is 1. The summed E-state index contributed by atoms with van der Waals surface area (Å²) >= 11 is 0. The van der Waals surface area contributed by atoms with Gasteiger partial charge in [0.15, 0.2) is 11.6 Å². The van der Waals surface area contributed by atoms with Crippen molar-refractivity contribution in [2.24, 2.45) is 0 Å². The first-order valence-corrected chi connectivity index (χ1v) is 10.9. The Hall–Kier alpha value is -5.23. The number of nitrogens with one attached hydrogen (secondary N) is 1. The lowest BCUT2D eigenvalue weighted by Crippen LogP contribution is -2.10. The first-order valence-electron chi connectivity index (χ1n) is 10.9. The highest BCUT2D eigenvalue weighted by Crippen LogP contribution is 2.25. The first-order chi connectivity index (χ1) is 17.5. The van der Waals surface area contributed by atoms with Crippen LogP contribution in [-0.2, 0) is 4.74 Å². The first kappa shape index (κ1) is 22.6. The fourth-order valence-electron chi connectivity index (χ4n) is 3.67. The average molecular weight is 479 g/mol. The standard InChI is InChI=1S/C27H18FN5O3/c28-18-12-10-17(11-13-18)25-21(15-33(32-25)19-6-2-1-3-7-19)27(35)36-16-24(34)20(14-29)26-30-22-8-4-5-9-23(22)31-26/h1-13,15,34H,16H2,(H,30,31)/b24-20-. The van der Waals surface area contributed by atoms with Crippen molar-refractivity contribution in [1.29, 1.82) is 5.26 Å². The monoisotopic (exact) mass is 479 g/mol. The molecule has 2 aromatic heterocycles. The number of carbonyl (C=O) groups excluding carboxylic acids is 1. The van der Waals surface area contributed by atoms with Crippen molar-refractivity contribution in [3.8, 4) is 23.0 Å². The van der Waals surface area contributed by atoms with Gasteiger partial charge in [0.25, 0.3) is 0 Å². The molecule has 0 amide bonds. The van der Waals surface area contributed by atoms with Crippen LogP contribution < -0.4 is 0 Å². The van der Waals surface area contributed by atoms with Crippen LogP contribution in [0, 0.1) is 17.1 Å². The Morgan fingerprint density at radius 2 is 1.78 bits per heavy atom. The molecule has 9 heteroatoms. The molecule has 0 aliphatic carbocycles. The number of carbonyl (C=O) groups is 1. The summed E-state index contributed by atoms with van der Waals surface area (Å²) < 4.78 is 20.3. The SMILES string of the molecule is N#C/C(=C(/O)COC(=O)c1cn(-c2ccccc2)nc1-c1ccc(F)cc1)c1nc2ccccc2[nH]1.